The highest BCUT2D eigenvalue weighted by Crippen LogP contribution is 2.35. The van der Waals surface area contributed by atoms with E-state index < -0.39 is 17.7 Å². The van der Waals surface area contributed by atoms with E-state index in [4.69, 9.17) is 0 Å². The fourth-order valence-corrected chi connectivity index (χ4v) is 3.21. The van der Waals surface area contributed by atoms with Gasteiger partial charge in [0.05, 0.1) is 6.10 Å². The van der Waals surface area contributed by atoms with Gasteiger partial charge in [-0.25, -0.2) is 8.78 Å². The molecule has 1 fully saturated rings. The molecular formula is C12H14F2OS. The van der Waals surface area contributed by atoms with Crippen molar-refractivity contribution in [2.75, 3.05) is 0 Å². The minimum atomic E-state index is -0.436. The van der Waals surface area contributed by atoms with E-state index >= 15 is 0 Å². The second-order valence-corrected chi connectivity index (χ2v) is 5.36. The summed E-state index contributed by atoms with van der Waals surface area (Å²) in [6.45, 7) is 0. The SMILES string of the molecule is O[C@@H]1CCCC[C@H]1Sc1cc(F)ccc1F. The Morgan fingerprint density at radius 1 is 1.19 bits per heavy atom. The molecular weight excluding hydrogens is 230 g/mol. The Bertz CT molecular complexity index is 370. The molecule has 1 aliphatic carbocycles. The van der Waals surface area contributed by atoms with Gasteiger partial charge in [-0.3, -0.25) is 0 Å². The molecule has 0 heterocycles. The number of hydrogen-bond donors (Lipinski definition) is 1. The monoisotopic (exact) mass is 244 g/mol. The van der Waals surface area contributed by atoms with Gasteiger partial charge in [-0.1, -0.05) is 12.8 Å². The molecule has 0 amide bonds. The predicted molar refractivity (Wildman–Crippen MR) is 60.5 cm³/mol. The number of thioether (sulfide) groups is 1. The summed E-state index contributed by atoms with van der Waals surface area (Å²) >= 11 is 1.25. The van der Waals surface area contributed by atoms with Crippen LogP contribution < -0.4 is 0 Å². The average molecular weight is 244 g/mol. The van der Waals surface area contributed by atoms with E-state index in [0.29, 0.717) is 4.90 Å². The number of aliphatic hydroxyl groups is 1. The molecule has 1 aliphatic rings. The van der Waals surface area contributed by atoms with Gasteiger partial charge >= 0.3 is 0 Å². The van der Waals surface area contributed by atoms with Gasteiger partial charge in [0.25, 0.3) is 0 Å². The Balaban J connectivity index is 2.10. The van der Waals surface area contributed by atoms with Crippen molar-refractivity contribution in [3.8, 4) is 0 Å². The van der Waals surface area contributed by atoms with Crippen molar-refractivity contribution in [2.24, 2.45) is 0 Å². The van der Waals surface area contributed by atoms with Crippen molar-refractivity contribution < 1.29 is 13.9 Å². The van der Waals surface area contributed by atoms with Crippen LogP contribution in [0, 0.1) is 11.6 Å². The Hall–Kier alpha value is -0.610. The summed E-state index contributed by atoms with van der Waals surface area (Å²) in [6, 6.07) is 3.44. The molecule has 0 unspecified atom stereocenters. The fourth-order valence-electron chi connectivity index (χ4n) is 1.95. The molecule has 1 N–H and O–H groups in total. The molecule has 16 heavy (non-hydrogen) atoms. The minimum absolute atomic E-state index is 0.00921. The number of benzene rings is 1. The second-order valence-electron chi connectivity index (χ2n) is 4.08. The van der Waals surface area contributed by atoms with Gasteiger partial charge < -0.3 is 5.11 Å². The van der Waals surface area contributed by atoms with Crippen molar-refractivity contribution in [2.45, 2.75) is 41.9 Å². The molecule has 0 spiro atoms. The van der Waals surface area contributed by atoms with Crippen molar-refractivity contribution in [1.29, 1.82) is 0 Å². The van der Waals surface area contributed by atoms with Crippen LogP contribution in [0.1, 0.15) is 25.7 Å². The summed E-state index contributed by atoms with van der Waals surface area (Å²) < 4.78 is 26.3. The molecule has 88 valence electrons. The number of rotatable bonds is 2. The van der Waals surface area contributed by atoms with Crippen LogP contribution >= 0.6 is 11.8 Å². The lowest BCUT2D eigenvalue weighted by atomic mass is 9.97. The van der Waals surface area contributed by atoms with E-state index in [9.17, 15) is 13.9 Å². The third-order valence-corrected chi connectivity index (χ3v) is 4.26. The Labute approximate surface area is 97.9 Å². The lowest BCUT2D eigenvalue weighted by Crippen LogP contribution is -2.26. The summed E-state index contributed by atoms with van der Waals surface area (Å²) in [5, 5.41) is 9.74. The molecule has 1 aromatic rings. The van der Waals surface area contributed by atoms with Crippen molar-refractivity contribution in [1.82, 2.24) is 0 Å². The van der Waals surface area contributed by atoms with Crippen molar-refractivity contribution >= 4 is 11.8 Å². The molecule has 0 aromatic heterocycles. The van der Waals surface area contributed by atoms with E-state index in [1.807, 2.05) is 0 Å². The van der Waals surface area contributed by atoms with Crippen LogP contribution in [-0.2, 0) is 0 Å². The van der Waals surface area contributed by atoms with Crippen LogP contribution in [0.5, 0.6) is 0 Å². The maximum atomic E-state index is 13.4. The van der Waals surface area contributed by atoms with Crippen molar-refractivity contribution in [3.63, 3.8) is 0 Å². The molecule has 0 radical (unpaired) electrons. The Morgan fingerprint density at radius 2 is 1.94 bits per heavy atom. The first-order chi connectivity index (χ1) is 7.66. The molecule has 1 nitrogen and oxygen atoms in total. The molecule has 0 bridgehead atoms. The molecule has 4 heteroatoms. The second kappa shape index (κ2) is 5.15. The first-order valence-corrected chi connectivity index (χ1v) is 6.34. The third kappa shape index (κ3) is 2.74. The van der Waals surface area contributed by atoms with E-state index in [0.717, 1.165) is 37.8 Å². The summed E-state index contributed by atoms with van der Waals surface area (Å²) in [5.41, 5.74) is 0. The van der Waals surface area contributed by atoms with Crippen LogP contribution in [-0.4, -0.2) is 16.5 Å². The van der Waals surface area contributed by atoms with Gasteiger partial charge in [0.1, 0.15) is 11.6 Å². The predicted octanol–water partition coefficient (Wildman–Crippen LogP) is 3.36. The van der Waals surface area contributed by atoms with E-state index in [1.165, 1.54) is 17.8 Å². The molecule has 0 aliphatic heterocycles. The lowest BCUT2D eigenvalue weighted by Gasteiger charge is -2.27. The van der Waals surface area contributed by atoms with E-state index in [-0.39, 0.29) is 5.25 Å². The minimum Gasteiger partial charge on any atom is -0.392 e. The molecule has 0 saturated heterocycles. The zero-order valence-electron chi connectivity index (χ0n) is 8.83. The van der Waals surface area contributed by atoms with Crippen molar-refractivity contribution in [3.05, 3.63) is 29.8 Å². The molecule has 2 rings (SSSR count). The maximum absolute atomic E-state index is 13.4. The van der Waals surface area contributed by atoms with Crippen LogP contribution in [0.15, 0.2) is 23.1 Å². The van der Waals surface area contributed by atoms with Gasteiger partial charge in [0, 0.05) is 10.1 Å². The summed E-state index contributed by atoms with van der Waals surface area (Å²) in [7, 11) is 0. The first kappa shape index (κ1) is 11.9. The molecule has 2 atom stereocenters. The van der Waals surface area contributed by atoms with Gasteiger partial charge in [-0.05, 0) is 31.0 Å². The Kier molecular flexibility index (Phi) is 3.82. The normalized spacial score (nSPS) is 25.7. The summed E-state index contributed by atoms with van der Waals surface area (Å²) in [4.78, 5) is 0.297. The van der Waals surface area contributed by atoms with Crippen LogP contribution in [0.4, 0.5) is 8.78 Å². The zero-order valence-corrected chi connectivity index (χ0v) is 9.64. The fraction of sp³-hybridized carbons (Fsp3) is 0.500. The maximum Gasteiger partial charge on any atom is 0.136 e. The highest BCUT2D eigenvalue weighted by Gasteiger charge is 2.24. The lowest BCUT2D eigenvalue weighted by molar-refractivity contribution is 0.137. The smallest absolute Gasteiger partial charge is 0.136 e. The van der Waals surface area contributed by atoms with Gasteiger partial charge in [0.15, 0.2) is 0 Å². The quantitative estimate of drug-likeness (QED) is 0.860. The van der Waals surface area contributed by atoms with Crippen LogP contribution in [0.3, 0.4) is 0 Å². The highest BCUT2D eigenvalue weighted by molar-refractivity contribution is 8.00. The average Bonchev–Trinajstić information content (AvgIpc) is 2.27. The third-order valence-electron chi connectivity index (χ3n) is 2.84. The topological polar surface area (TPSA) is 20.2 Å². The van der Waals surface area contributed by atoms with Gasteiger partial charge in [0.2, 0.25) is 0 Å². The molecule has 1 saturated carbocycles. The first-order valence-electron chi connectivity index (χ1n) is 5.46. The highest BCUT2D eigenvalue weighted by atomic mass is 32.2. The summed E-state index contributed by atoms with van der Waals surface area (Å²) in [5.74, 6) is -0.849. The van der Waals surface area contributed by atoms with Crippen LogP contribution in [0.25, 0.3) is 0 Å². The standard InChI is InChI=1S/C12H14F2OS/c13-8-5-6-9(14)12(7-8)16-11-4-2-1-3-10(11)15/h5-7,10-11,15H,1-4H2/t10-,11-/m1/s1. The molecule has 1 aromatic carbocycles. The van der Waals surface area contributed by atoms with E-state index in [1.54, 1.807) is 0 Å². The zero-order chi connectivity index (χ0) is 11.5. The van der Waals surface area contributed by atoms with Crippen LogP contribution in [0.2, 0.25) is 0 Å². The number of halogens is 2. The number of hydrogen-bond acceptors (Lipinski definition) is 2. The number of aliphatic hydroxyl groups excluding tert-OH is 1. The van der Waals surface area contributed by atoms with Gasteiger partial charge in [-0.2, -0.15) is 0 Å². The Morgan fingerprint density at radius 3 is 2.69 bits per heavy atom. The largest absolute Gasteiger partial charge is 0.392 e. The van der Waals surface area contributed by atoms with Gasteiger partial charge in [-0.15, -0.1) is 11.8 Å². The van der Waals surface area contributed by atoms with E-state index in [2.05, 4.69) is 0 Å². The summed E-state index contributed by atoms with van der Waals surface area (Å²) in [6.07, 6.45) is 3.28.